The van der Waals surface area contributed by atoms with Crippen LogP contribution in [-0.4, -0.2) is 30.9 Å². The van der Waals surface area contributed by atoms with E-state index in [1.54, 1.807) is 29.9 Å². The second-order valence-corrected chi connectivity index (χ2v) is 9.99. The van der Waals surface area contributed by atoms with E-state index in [-0.39, 0.29) is 11.7 Å². The number of methoxy groups -OCH3 is 2. The van der Waals surface area contributed by atoms with E-state index in [4.69, 9.17) is 30.8 Å². The van der Waals surface area contributed by atoms with Crippen molar-refractivity contribution < 1.29 is 19.0 Å². The monoisotopic (exact) mass is 540 g/mol. The summed E-state index contributed by atoms with van der Waals surface area (Å²) >= 11 is 7.81. The van der Waals surface area contributed by atoms with Gasteiger partial charge in [0, 0.05) is 0 Å². The van der Waals surface area contributed by atoms with E-state index in [9.17, 15) is 9.59 Å². The minimum atomic E-state index is -0.647. The number of rotatable bonds is 8. The molecule has 0 spiro atoms. The fourth-order valence-corrected chi connectivity index (χ4v) is 5.47. The lowest BCUT2D eigenvalue weighted by atomic mass is 9.95. The van der Waals surface area contributed by atoms with Gasteiger partial charge in [-0.15, -0.1) is 0 Å². The molecule has 7 nitrogen and oxygen atoms in total. The Labute approximate surface area is 224 Å². The molecule has 1 aliphatic rings. The molecule has 4 rings (SSSR count). The first kappa shape index (κ1) is 26.7. The summed E-state index contributed by atoms with van der Waals surface area (Å²) in [5.41, 5.74) is 2.19. The van der Waals surface area contributed by atoms with E-state index in [1.807, 2.05) is 51.1 Å². The molecule has 0 bridgehead atoms. The van der Waals surface area contributed by atoms with Crippen LogP contribution >= 0.6 is 22.9 Å². The van der Waals surface area contributed by atoms with Crippen LogP contribution in [0.3, 0.4) is 0 Å². The molecule has 0 amide bonds. The van der Waals surface area contributed by atoms with Crippen LogP contribution in [-0.2, 0) is 9.53 Å². The van der Waals surface area contributed by atoms with Crippen molar-refractivity contribution >= 4 is 35.0 Å². The number of ether oxygens (including phenoxy) is 3. The molecular formula is C28H29ClN2O5S. The Morgan fingerprint density at radius 1 is 1.22 bits per heavy atom. The zero-order chi connectivity index (χ0) is 26.7. The molecule has 0 radical (unpaired) electrons. The number of aromatic nitrogens is 1. The normalized spacial score (nSPS) is 16.2. The maximum atomic E-state index is 13.8. The van der Waals surface area contributed by atoms with Gasteiger partial charge in [-0.1, -0.05) is 67.1 Å². The van der Waals surface area contributed by atoms with Gasteiger partial charge in [0.15, 0.2) is 16.3 Å². The number of benzene rings is 2. The number of halogens is 1. The van der Waals surface area contributed by atoms with Gasteiger partial charge in [0.2, 0.25) is 0 Å². The maximum absolute atomic E-state index is 13.8. The summed E-state index contributed by atoms with van der Waals surface area (Å²) in [7, 11) is 2.88. The first-order valence-corrected chi connectivity index (χ1v) is 13.2. The lowest BCUT2D eigenvalue weighted by molar-refractivity contribution is -0.136. The Kier molecular flexibility index (Phi) is 8.19. The maximum Gasteiger partial charge on any atom is 0.338 e. The van der Waals surface area contributed by atoms with Crippen LogP contribution in [0.4, 0.5) is 0 Å². The molecule has 2 atom stereocenters. The lowest BCUT2D eigenvalue weighted by Gasteiger charge is -2.25. The van der Waals surface area contributed by atoms with Crippen molar-refractivity contribution in [3.63, 3.8) is 0 Å². The summed E-state index contributed by atoms with van der Waals surface area (Å²) in [6, 6.07) is 12.3. The fraction of sp³-hybridized carbons (Fsp3) is 0.321. The Bertz CT molecular complexity index is 1520. The predicted octanol–water partition coefficient (Wildman–Crippen LogP) is 4.64. The number of nitrogens with zero attached hydrogens (tertiary/aromatic N) is 2. The van der Waals surface area contributed by atoms with Gasteiger partial charge in [0.1, 0.15) is 0 Å². The fourth-order valence-electron chi connectivity index (χ4n) is 4.19. The quantitative estimate of drug-likeness (QED) is 0.389. The van der Waals surface area contributed by atoms with Gasteiger partial charge in [-0.2, -0.15) is 0 Å². The Hall–Kier alpha value is -3.36. The summed E-state index contributed by atoms with van der Waals surface area (Å²) in [5.74, 6) is 0.448. The highest BCUT2D eigenvalue weighted by Crippen LogP contribution is 2.37. The summed E-state index contributed by atoms with van der Waals surface area (Å²) in [5, 5.41) is 0.391. The minimum absolute atomic E-state index is 0.0318. The van der Waals surface area contributed by atoms with E-state index in [0.29, 0.717) is 49.1 Å². The smallest absolute Gasteiger partial charge is 0.338 e. The molecule has 2 aromatic carbocycles. The van der Waals surface area contributed by atoms with E-state index < -0.39 is 12.0 Å². The molecule has 0 aliphatic carbocycles. The van der Waals surface area contributed by atoms with Crippen molar-refractivity contribution in [1.82, 2.24) is 4.57 Å². The molecule has 194 valence electrons. The van der Waals surface area contributed by atoms with Gasteiger partial charge in [-0.25, -0.2) is 9.79 Å². The second kappa shape index (κ2) is 11.4. The third kappa shape index (κ3) is 5.22. The number of allylic oxidation sites excluding steroid dienone is 1. The molecule has 0 saturated heterocycles. The zero-order valence-electron chi connectivity index (χ0n) is 21.4. The summed E-state index contributed by atoms with van der Waals surface area (Å²) in [4.78, 5) is 31.8. The molecule has 3 aromatic rings. The minimum Gasteiger partial charge on any atom is -0.493 e. The first-order chi connectivity index (χ1) is 17.8. The molecule has 1 aliphatic heterocycles. The average molecular weight is 541 g/mol. The summed E-state index contributed by atoms with van der Waals surface area (Å²) in [6.07, 6.45) is 3.05. The highest BCUT2D eigenvalue weighted by molar-refractivity contribution is 7.07. The average Bonchev–Trinajstić information content (AvgIpc) is 3.22. The third-order valence-electron chi connectivity index (χ3n) is 6.21. The lowest BCUT2D eigenvalue weighted by Crippen LogP contribution is -2.40. The molecule has 0 N–H and O–H groups in total. The molecular weight excluding hydrogens is 512 g/mol. The number of carbonyl (C=O) groups excluding carboxylic acids is 1. The second-order valence-electron chi connectivity index (χ2n) is 8.57. The highest BCUT2D eigenvalue weighted by atomic mass is 35.5. The third-order valence-corrected chi connectivity index (χ3v) is 7.47. The van der Waals surface area contributed by atoms with Crippen LogP contribution in [0.1, 0.15) is 50.8 Å². The number of hydrogen-bond acceptors (Lipinski definition) is 7. The molecule has 37 heavy (non-hydrogen) atoms. The molecule has 2 heterocycles. The SMILES string of the molecule is CCC1=C(C(=O)OC)[C@@H](c2ccccc2)n2c(s/c(=C\c3cc(Cl)c(O[C@H](C)CC)c(OC)c3)c2=O)=N1. The molecule has 1 aromatic heterocycles. The van der Waals surface area contributed by atoms with Crippen LogP contribution in [0.25, 0.3) is 6.08 Å². The van der Waals surface area contributed by atoms with Crippen LogP contribution < -0.4 is 24.4 Å². The van der Waals surface area contributed by atoms with Gasteiger partial charge in [-0.3, -0.25) is 9.36 Å². The Morgan fingerprint density at radius 2 is 1.95 bits per heavy atom. The number of hydrogen-bond donors (Lipinski definition) is 0. The summed E-state index contributed by atoms with van der Waals surface area (Å²) in [6.45, 7) is 5.91. The van der Waals surface area contributed by atoms with Gasteiger partial charge < -0.3 is 14.2 Å². The van der Waals surface area contributed by atoms with Crippen LogP contribution in [0.2, 0.25) is 5.02 Å². The molecule has 9 heteroatoms. The molecule has 0 saturated carbocycles. The van der Waals surface area contributed by atoms with E-state index in [0.717, 1.165) is 12.0 Å². The number of esters is 1. The zero-order valence-corrected chi connectivity index (χ0v) is 23.0. The number of fused-ring (bicyclic) bond motifs is 1. The van der Waals surface area contributed by atoms with E-state index in [1.165, 1.54) is 18.4 Å². The first-order valence-electron chi connectivity index (χ1n) is 12.0. The molecule has 0 fully saturated rings. The number of thiazole rings is 1. The molecule has 0 unspecified atom stereocenters. The van der Waals surface area contributed by atoms with Crippen molar-refractivity contribution in [2.75, 3.05) is 14.2 Å². The summed E-state index contributed by atoms with van der Waals surface area (Å²) < 4.78 is 18.6. The Morgan fingerprint density at radius 3 is 2.57 bits per heavy atom. The van der Waals surface area contributed by atoms with Crippen LogP contribution in [0.5, 0.6) is 11.5 Å². The van der Waals surface area contributed by atoms with Crippen LogP contribution in [0, 0.1) is 0 Å². The Balaban J connectivity index is 1.91. The van der Waals surface area contributed by atoms with Crippen molar-refractivity contribution in [2.24, 2.45) is 4.99 Å². The van der Waals surface area contributed by atoms with Gasteiger partial charge in [-0.05, 0) is 49.1 Å². The standard InChI is InChI=1S/C28H29ClN2O5S/c1-6-16(3)36-25-19(29)13-17(14-21(25)34-4)15-22-26(32)31-24(18-11-9-8-10-12-18)23(27(33)35-5)20(7-2)30-28(31)37-22/h8-16,24H,6-7H2,1-5H3/b22-15-/t16-,24-/m1/s1. The van der Waals surface area contributed by atoms with E-state index >= 15 is 0 Å². The van der Waals surface area contributed by atoms with Gasteiger partial charge >= 0.3 is 5.97 Å². The predicted molar refractivity (Wildman–Crippen MR) is 145 cm³/mol. The van der Waals surface area contributed by atoms with E-state index in [2.05, 4.69) is 0 Å². The van der Waals surface area contributed by atoms with Crippen molar-refractivity contribution in [3.05, 3.63) is 89.6 Å². The van der Waals surface area contributed by atoms with Crippen molar-refractivity contribution in [1.29, 1.82) is 0 Å². The van der Waals surface area contributed by atoms with Crippen LogP contribution in [0.15, 0.2) is 63.5 Å². The largest absolute Gasteiger partial charge is 0.493 e. The van der Waals surface area contributed by atoms with Crippen molar-refractivity contribution in [2.45, 2.75) is 45.8 Å². The van der Waals surface area contributed by atoms with Crippen molar-refractivity contribution in [3.8, 4) is 11.5 Å². The van der Waals surface area contributed by atoms with Gasteiger partial charge in [0.25, 0.3) is 5.56 Å². The highest BCUT2D eigenvalue weighted by Gasteiger charge is 2.33. The van der Waals surface area contributed by atoms with Gasteiger partial charge in [0.05, 0.1) is 47.2 Å². The topological polar surface area (TPSA) is 79.1 Å². The number of carbonyl (C=O) groups is 1.